The number of urea groups is 1. The Morgan fingerprint density at radius 3 is 2.64 bits per heavy atom. The van der Waals surface area contributed by atoms with E-state index in [2.05, 4.69) is 5.32 Å². The Labute approximate surface area is 149 Å². The van der Waals surface area contributed by atoms with Crippen molar-refractivity contribution in [3.05, 3.63) is 29.8 Å². The van der Waals surface area contributed by atoms with Crippen molar-refractivity contribution < 1.29 is 9.59 Å². The van der Waals surface area contributed by atoms with E-state index in [9.17, 15) is 9.59 Å². The summed E-state index contributed by atoms with van der Waals surface area (Å²) in [6, 6.07) is 7.98. The van der Waals surface area contributed by atoms with Crippen LogP contribution in [0.4, 0.5) is 10.5 Å². The van der Waals surface area contributed by atoms with Gasteiger partial charge >= 0.3 is 6.03 Å². The van der Waals surface area contributed by atoms with Crippen LogP contribution < -0.4 is 10.2 Å². The fourth-order valence-electron chi connectivity index (χ4n) is 4.64. The highest BCUT2D eigenvalue weighted by Crippen LogP contribution is 2.37. The van der Waals surface area contributed by atoms with Crippen molar-refractivity contribution in [3.63, 3.8) is 0 Å². The molecule has 1 aromatic carbocycles. The number of nitrogens with zero attached hydrogens (tertiary/aromatic N) is 2. The van der Waals surface area contributed by atoms with Crippen molar-refractivity contribution in [2.45, 2.75) is 45.1 Å². The zero-order valence-corrected chi connectivity index (χ0v) is 14.9. The number of fused-ring (bicyclic) bond motifs is 1. The lowest BCUT2D eigenvalue weighted by molar-refractivity contribution is -0.117. The van der Waals surface area contributed by atoms with E-state index < -0.39 is 0 Å². The first-order valence-corrected chi connectivity index (χ1v) is 9.57. The van der Waals surface area contributed by atoms with Crippen LogP contribution in [0.15, 0.2) is 24.3 Å². The molecule has 1 saturated carbocycles. The topological polar surface area (TPSA) is 52.7 Å². The van der Waals surface area contributed by atoms with Gasteiger partial charge in [-0.1, -0.05) is 18.6 Å². The molecule has 1 aliphatic carbocycles. The zero-order chi connectivity index (χ0) is 17.4. The summed E-state index contributed by atoms with van der Waals surface area (Å²) in [5, 5.41) is 3.14. The van der Waals surface area contributed by atoms with Crippen LogP contribution in [0.3, 0.4) is 0 Å². The van der Waals surface area contributed by atoms with Crippen LogP contribution in [0, 0.1) is 11.8 Å². The van der Waals surface area contributed by atoms with Gasteiger partial charge in [0.2, 0.25) is 5.91 Å². The average molecular weight is 341 g/mol. The van der Waals surface area contributed by atoms with Crippen LogP contribution in [0.1, 0.15) is 50.6 Å². The first-order chi connectivity index (χ1) is 12.1. The number of rotatable bonds is 3. The van der Waals surface area contributed by atoms with Gasteiger partial charge in [-0.15, -0.1) is 0 Å². The maximum absolute atomic E-state index is 12.6. The number of hydrogen-bond donors (Lipinski definition) is 1. The molecule has 4 rings (SSSR count). The molecule has 0 aromatic heterocycles. The molecule has 3 atom stereocenters. The van der Waals surface area contributed by atoms with Crippen molar-refractivity contribution in [3.8, 4) is 0 Å². The molecule has 0 spiro atoms. The maximum atomic E-state index is 12.6. The standard InChI is InChI=1S/C20H27N3O2/c1-14(21-20(25)22-12-16-6-2-7-17(16)13-22)15-5-3-8-18(11-15)23-10-4-9-19(23)24/h3,5,8,11,14,16-17H,2,4,6-7,9-10,12-13H2,1H3,(H,21,25)/t14-,16+,17+/m0/s1. The summed E-state index contributed by atoms with van der Waals surface area (Å²) in [5.74, 6) is 1.62. The Kier molecular flexibility index (Phi) is 4.40. The van der Waals surface area contributed by atoms with Gasteiger partial charge in [0.15, 0.2) is 0 Å². The van der Waals surface area contributed by atoms with Crippen molar-refractivity contribution in [2.75, 3.05) is 24.5 Å². The van der Waals surface area contributed by atoms with E-state index in [1.807, 2.05) is 41.0 Å². The molecule has 3 fully saturated rings. The van der Waals surface area contributed by atoms with Gasteiger partial charge in [0.05, 0.1) is 6.04 Å². The number of anilines is 1. The number of amides is 3. The molecule has 5 heteroatoms. The minimum atomic E-state index is -0.0643. The molecule has 2 saturated heterocycles. The fourth-order valence-corrected chi connectivity index (χ4v) is 4.64. The quantitative estimate of drug-likeness (QED) is 0.917. The van der Waals surface area contributed by atoms with Crippen LogP contribution in [-0.4, -0.2) is 36.5 Å². The van der Waals surface area contributed by atoms with Crippen molar-refractivity contribution >= 4 is 17.6 Å². The molecule has 0 radical (unpaired) electrons. The molecule has 1 N–H and O–H groups in total. The number of likely N-dealkylation sites (tertiary alicyclic amines) is 1. The summed E-state index contributed by atoms with van der Waals surface area (Å²) in [5.41, 5.74) is 1.99. The molecule has 3 amide bonds. The largest absolute Gasteiger partial charge is 0.331 e. The van der Waals surface area contributed by atoms with E-state index in [0.717, 1.165) is 37.3 Å². The molecule has 3 aliphatic rings. The van der Waals surface area contributed by atoms with Crippen molar-refractivity contribution in [1.82, 2.24) is 10.2 Å². The second-order valence-corrected chi connectivity index (χ2v) is 7.77. The minimum Gasteiger partial charge on any atom is -0.331 e. The summed E-state index contributed by atoms with van der Waals surface area (Å²) >= 11 is 0. The van der Waals surface area contributed by atoms with Crippen LogP contribution in [0.25, 0.3) is 0 Å². The van der Waals surface area contributed by atoms with Gasteiger partial charge in [-0.2, -0.15) is 0 Å². The Balaban J connectivity index is 1.40. The summed E-state index contributed by atoms with van der Waals surface area (Å²) in [4.78, 5) is 28.4. The predicted molar refractivity (Wildman–Crippen MR) is 97.4 cm³/mol. The molecule has 5 nitrogen and oxygen atoms in total. The highest BCUT2D eigenvalue weighted by Gasteiger charge is 2.38. The van der Waals surface area contributed by atoms with E-state index in [-0.39, 0.29) is 18.0 Å². The van der Waals surface area contributed by atoms with Crippen LogP contribution in [0.2, 0.25) is 0 Å². The van der Waals surface area contributed by atoms with Crippen molar-refractivity contribution in [2.24, 2.45) is 11.8 Å². The molecule has 1 aromatic rings. The second kappa shape index (κ2) is 6.70. The van der Waals surface area contributed by atoms with Gasteiger partial charge < -0.3 is 15.1 Å². The number of nitrogens with one attached hydrogen (secondary N) is 1. The lowest BCUT2D eigenvalue weighted by Gasteiger charge is -2.23. The molecular weight excluding hydrogens is 314 g/mol. The third-order valence-electron chi connectivity index (χ3n) is 6.11. The SMILES string of the molecule is C[C@H](NC(=O)N1C[C@H]2CCC[C@@H]2C1)c1cccc(N2CCCC2=O)c1. The molecule has 2 aliphatic heterocycles. The molecule has 134 valence electrons. The highest BCUT2D eigenvalue weighted by molar-refractivity contribution is 5.95. The van der Waals surface area contributed by atoms with E-state index >= 15 is 0 Å². The Bertz CT molecular complexity index is 663. The minimum absolute atomic E-state index is 0.0459. The normalized spacial score (nSPS) is 26.8. The predicted octanol–water partition coefficient (Wildman–Crippen LogP) is 3.32. The Morgan fingerprint density at radius 2 is 1.96 bits per heavy atom. The summed E-state index contributed by atoms with van der Waals surface area (Å²) in [7, 11) is 0. The third-order valence-corrected chi connectivity index (χ3v) is 6.11. The Morgan fingerprint density at radius 1 is 1.20 bits per heavy atom. The highest BCUT2D eigenvalue weighted by atomic mass is 16.2. The average Bonchev–Trinajstić information content (AvgIpc) is 3.30. The van der Waals surface area contributed by atoms with Gasteiger partial charge in [0.25, 0.3) is 0 Å². The van der Waals surface area contributed by atoms with Crippen molar-refractivity contribution in [1.29, 1.82) is 0 Å². The van der Waals surface area contributed by atoms with Gasteiger partial charge in [0.1, 0.15) is 0 Å². The van der Waals surface area contributed by atoms with Gasteiger partial charge in [-0.3, -0.25) is 4.79 Å². The van der Waals surface area contributed by atoms with Crippen LogP contribution in [0.5, 0.6) is 0 Å². The van der Waals surface area contributed by atoms with E-state index in [4.69, 9.17) is 0 Å². The second-order valence-electron chi connectivity index (χ2n) is 7.77. The Hall–Kier alpha value is -2.04. The number of carbonyl (C=O) groups is 2. The first kappa shape index (κ1) is 16.4. The lowest BCUT2D eigenvalue weighted by atomic mass is 10.0. The van der Waals surface area contributed by atoms with E-state index in [1.54, 1.807) is 0 Å². The molecular formula is C20H27N3O2. The van der Waals surface area contributed by atoms with Crippen LogP contribution >= 0.6 is 0 Å². The zero-order valence-electron chi connectivity index (χ0n) is 14.9. The molecule has 0 bridgehead atoms. The fraction of sp³-hybridized carbons (Fsp3) is 0.600. The molecule has 2 heterocycles. The maximum Gasteiger partial charge on any atom is 0.317 e. The number of carbonyl (C=O) groups excluding carboxylic acids is 2. The summed E-state index contributed by atoms with van der Waals surface area (Å²) in [6.07, 6.45) is 5.43. The molecule has 25 heavy (non-hydrogen) atoms. The smallest absolute Gasteiger partial charge is 0.317 e. The third kappa shape index (κ3) is 3.24. The van der Waals surface area contributed by atoms with Crippen LogP contribution in [-0.2, 0) is 4.79 Å². The molecule has 0 unspecified atom stereocenters. The first-order valence-electron chi connectivity index (χ1n) is 9.57. The summed E-state index contributed by atoms with van der Waals surface area (Å²) < 4.78 is 0. The lowest BCUT2D eigenvalue weighted by Crippen LogP contribution is -2.40. The monoisotopic (exact) mass is 341 g/mol. The number of hydrogen-bond acceptors (Lipinski definition) is 2. The van der Waals surface area contributed by atoms with Gasteiger partial charge in [-0.05, 0) is 55.7 Å². The van der Waals surface area contributed by atoms with E-state index in [1.165, 1.54) is 19.3 Å². The summed E-state index contributed by atoms with van der Waals surface area (Å²) in [6.45, 7) is 4.62. The van der Waals surface area contributed by atoms with E-state index in [0.29, 0.717) is 18.3 Å². The van der Waals surface area contributed by atoms with Gasteiger partial charge in [0, 0.05) is 31.7 Å². The van der Waals surface area contributed by atoms with Gasteiger partial charge in [-0.25, -0.2) is 4.79 Å². The number of benzene rings is 1.